The van der Waals surface area contributed by atoms with Crippen LogP contribution >= 0.6 is 0 Å². The van der Waals surface area contributed by atoms with E-state index in [0.29, 0.717) is 44.2 Å². The Morgan fingerprint density at radius 1 is 1.20 bits per heavy atom. The Bertz CT molecular complexity index is 635. The lowest BCUT2D eigenvalue weighted by Gasteiger charge is -2.35. The van der Waals surface area contributed by atoms with E-state index in [2.05, 4.69) is 5.32 Å². The first-order valence-corrected chi connectivity index (χ1v) is 8.69. The summed E-state index contributed by atoms with van der Waals surface area (Å²) in [5.74, 6) is 0.684. The van der Waals surface area contributed by atoms with Gasteiger partial charge in [0.1, 0.15) is 11.9 Å². The van der Waals surface area contributed by atoms with Crippen molar-refractivity contribution < 1.29 is 19.1 Å². The van der Waals surface area contributed by atoms with Gasteiger partial charge in [0, 0.05) is 32.8 Å². The van der Waals surface area contributed by atoms with Gasteiger partial charge in [-0.25, -0.2) is 4.79 Å². The monoisotopic (exact) mass is 347 g/mol. The molecule has 3 amide bonds. The molecule has 1 aromatic rings. The molecule has 2 heterocycles. The van der Waals surface area contributed by atoms with Gasteiger partial charge in [-0.2, -0.15) is 0 Å². The lowest BCUT2D eigenvalue weighted by molar-refractivity contribution is -0.142. The van der Waals surface area contributed by atoms with Crippen LogP contribution in [0, 0.1) is 6.92 Å². The van der Waals surface area contributed by atoms with Crippen LogP contribution in [0.1, 0.15) is 18.4 Å². The second-order valence-corrected chi connectivity index (χ2v) is 6.45. The molecule has 0 spiro atoms. The fourth-order valence-electron chi connectivity index (χ4n) is 3.22. The van der Waals surface area contributed by atoms with Crippen molar-refractivity contribution in [1.29, 1.82) is 0 Å². The normalized spacial score (nSPS) is 20.5. The molecule has 136 valence electrons. The lowest BCUT2D eigenvalue weighted by Crippen LogP contribution is -2.53. The first-order valence-electron chi connectivity index (χ1n) is 8.69. The van der Waals surface area contributed by atoms with Crippen LogP contribution in [0.3, 0.4) is 0 Å². The summed E-state index contributed by atoms with van der Waals surface area (Å²) in [6, 6.07) is 5.48. The lowest BCUT2D eigenvalue weighted by atomic mass is 10.2. The average Bonchev–Trinajstić information content (AvgIpc) is 3.16. The van der Waals surface area contributed by atoms with Gasteiger partial charge >= 0.3 is 6.03 Å². The van der Waals surface area contributed by atoms with Crippen molar-refractivity contribution in [2.24, 2.45) is 0 Å². The summed E-state index contributed by atoms with van der Waals surface area (Å²) in [6.07, 6.45) is 1.45. The highest BCUT2D eigenvalue weighted by atomic mass is 16.5. The highest BCUT2D eigenvalue weighted by Crippen LogP contribution is 2.25. The highest BCUT2D eigenvalue weighted by molar-refractivity contribution is 5.91. The zero-order chi connectivity index (χ0) is 17.8. The summed E-state index contributed by atoms with van der Waals surface area (Å²) in [5.41, 5.74) is 1.70. The Hall–Kier alpha value is -2.28. The minimum atomic E-state index is -0.295. The third-order valence-corrected chi connectivity index (χ3v) is 4.68. The Morgan fingerprint density at radius 2 is 1.92 bits per heavy atom. The zero-order valence-electron chi connectivity index (χ0n) is 14.8. The molecule has 0 bridgehead atoms. The second kappa shape index (κ2) is 7.74. The smallest absolute Gasteiger partial charge is 0.322 e. The molecular weight excluding hydrogens is 322 g/mol. The number of nitrogens with zero attached hydrogens (tertiary/aromatic N) is 2. The average molecular weight is 347 g/mol. The number of carbonyl (C=O) groups excluding carboxylic acids is 2. The fourth-order valence-corrected chi connectivity index (χ4v) is 3.22. The number of benzene rings is 1. The molecule has 2 aliphatic rings. The van der Waals surface area contributed by atoms with Crippen molar-refractivity contribution in [3.8, 4) is 5.75 Å². The molecule has 0 aliphatic carbocycles. The van der Waals surface area contributed by atoms with Crippen molar-refractivity contribution in [2.75, 3.05) is 45.2 Å². The van der Waals surface area contributed by atoms with E-state index < -0.39 is 0 Å². The maximum absolute atomic E-state index is 12.5. The predicted molar refractivity (Wildman–Crippen MR) is 93.9 cm³/mol. The summed E-state index contributed by atoms with van der Waals surface area (Å²) in [4.78, 5) is 28.4. The molecule has 7 nitrogen and oxygen atoms in total. The van der Waals surface area contributed by atoms with E-state index in [1.807, 2.05) is 25.1 Å². The summed E-state index contributed by atoms with van der Waals surface area (Å²) in [6.45, 7) is 4.73. The SMILES string of the molecule is COc1ccc(C)cc1NC(=O)N1CCN(C(=O)[C@H]2CCCO2)CC1. The number of aryl methyl sites for hydroxylation is 1. The number of carbonyl (C=O) groups is 2. The van der Waals surface area contributed by atoms with Gasteiger partial charge in [0.2, 0.25) is 0 Å². The molecule has 2 aliphatic heterocycles. The number of rotatable bonds is 3. The van der Waals surface area contributed by atoms with Crippen LogP contribution in [0.15, 0.2) is 18.2 Å². The van der Waals surface area contributed by atoms with Crippen molar-refractivity contribution in [1.82, 2.24) is 9.80 Å². The Labute approximate surface area is 147 Å². The van der Waals surface area contributed by atoms with Gasteiger partial charge in [0.25, 0.3) is 5.91 Å². The van der Waals surface area contributed by atoms with Crippen LogP contribution in [0.5, 0.6) is 5.75 Å². The van der Waals surface area contributed by atoms with E-state index in [1.165, 1.54) is 0 Å². The summed E-state index contributed by atoms with van der Waals surface area (Å²) >= 11 is 0. The largest absolute Gasteiger partial charge is 0.495 e. The maximum atomic E-state index is 12.5. The molecule has 0 unspecified atom stereocenters. The molecule has 1 atom stereocenters. The zero-order valence-corrected chi connectivity index (χ0v) is 14.8. The van der Waals surface area contributed by atoms with E-state index in [1.54, 1.807) is 16.9 Å². The quantitative estimate of drug-likeness (QED) is 0.906. The molecule has 7 heteroatoms. The molecule has 3 rings (SSSR count). The van der Waals surface area contributed by atoms with Gasteiger partial charge in [-0.3, -0.25) is 4.79 Å². The van der Waals surface area contributed by atoms with Gasteiger partial charge < -0.3 is 24.6 Å². The van der Waals surface area contributed by atoms with Gasteiger partial charge in [0.15, 0.2) is 0 Å². The standard InChI is InChI=1S/C18H25N3O4/c1-13-5-6-15(24-2)14(12-13)19-18(23)21-9-7-20(8-10-21)17(22)16-4-3-11-25-16/h5-6,12,16H,3-4,7-11H2,1-2H3,(H,19,23)/t16-/m1/s1. The minimum absolute atomic E-state index is 0.0536. The molecule has 0 saturated carbocycles. The number of hydrogen-bond acceptors (Lipinski definition) is 4. The van der Waals surface area contributed by atoms with E-state index >= 15 is 0 Å². The van der Waals surface area contributed by atoms with Crippen molar-refractivity contribution >= 4 is 17.6 Å². The summed E-state index contributed by atoms with van der Waals surface area (Å²) in [5, 5.41) is 2.91. The van der Waals surface area contributed by atoms with E-state index in [9.17, 15) is 9.59 Å². The van der Waals surface area contributed by atoms with Crippen molar-refractivity contribution in [3.63, 3.8) is 0 Å². The highest BCUT2D eigenvalue weighted by Gasteiger charge is 2.31. The van der Waals surface area contributed by atoms with Crippen LogP contribution in [0.4, 0.5) is 10.5 Å². The number of anilines is 1. The Balaban J connectivity index is 1.55. The van der Waals surface area contributed by atoms with Crippen molar-refractivity contribution in [2.45, 2.75) is 25.9 Å². The predicted octanol–water partition coefficient (Wildman–Crippen LogP) is 1.86. The molecule has 1 aromatic carbocycles. The number of methoxy groups -OCH3 is 1. The van der Waals surface area contributed by atoms with Gasteiger partial charge in [0.05, 0.1) is 12.8 Å². The number of ether oxygens (including phenoxy) is 2. The third kappa shape index (κ3) is 4.04. The second-order valence-electron chi connectivity index (χ2n) is 6.45. The van der Waals surface area contributed by atoms with E-state index in [4.69, 9.17) is 9.47 Å². The van der Waals surface area contributed by atoms with Crippen LogP contribution in [0.25, 0.3) is 0 Å². The summed E-state index contributed by atoms with van der Waals surface area (Å²) < 4.78 is 10.8. The van der Waals surface area contributed by atoms with Gasteiger partial charge in [-0.15, -0.1) is 0 Å². The number of amides is 3. The minimum Gasteiger partial charge on any atom is -0.495 e. The Morgan fingerprint density at radius 3 is 2.56 bits per heavy atom. The topological polar surface area (TPSA) is 71.1 Å². The van der Waals surface area contributed by atoms with Crippen LogP contribution in [-0.4, -0.2) is 67.7 Å². The molecule has 0 aromatic heterocycles. The van der Waals surface area contributed by atoms with E-state index in [-0.39, 0.29) is 18.0 Å². The first kappa shape index (κ1) is 17.5. The number of hydrogen-bond donors (Lipinski definition) is 1. The number of urea groups is 1. The summed E-state index contributed by atoms with van der Waals surface area (Å²) in [7, 11) is 1.58. The molecule has 1 N–H and O–H groups in total. The van der Waals surface area contributed by atoms with Crippen LogP contribution in [0.2, 0.25) is 0 Å². The molecular formula is C18H25N3O4. The molecule has 25 heavy (non-hydrogen) atoms. The number of piperazine rings is 1. The van der Waals surface area contributed by atoms with Crippen LogP contribution in [-0.2, 0) is 9.53 Å². The van der Waals surface area contributed by atoms with E-state index in [0.717, 1.165) is 18.4 Å². The Kier molecular flexibility index (Phi) is 5.43. The third-order valence-electron chi connectivity index (χ3n) is 4.68. The fraction of sp³-hybridized carbons (Fsp3) is 0.556. The van der Waals surface area contributed by atoms with Gasteiger partial charge in [-0.1, -0.05) is 6.07 Å². The molecule has 0 radical (unpaired) electrons. The number of nitrogens with one attached hydrogen (secondary N) is 1. The maximum Gasteiger partial charge on any atom is 0.322 e. The van der Waals surface area contributed by atoms with Crippen molar-refractivity contribution in [3.05, 3.63) is 23.8 Å². The van der Waals surface area contributed by atoms with Gasteiger partial charge in [-0.05, 0) is 37.5 Å². The molecule has 2 saturated heterocycles. The van der Waals surface area contributed by atoms with Crippen LogP contribution < -0.4 is 10.1 Å². The first-order chi connectivity index (χ1) is 12.1. The molecule has 2 fully saturated rings.